The topological polar surface area (TPSA) is 142 Å². The monoisotopic (exact) mass is 748 g/mol. The Morgan fingerprint density at radius 1 is 0.375 bits per heavy atom. The van der Waals surface area contributed by atoms with E-state index in [1.54, 1.807) is 36.4 Å². The van der Waals surface area contributed by atoms with Crippen LogP contribution in [0.1, 0.15) is 104 Å². The number of amides is 4. The molecule has 2 aromatic heterocycles. The lowest BCUT2D eigenvalue weighted by atomic mass is 9.50. The standard InChI is InChI=1S/C46H48N6O4/c53-43-39-19-9-21-41(51-39)45(55)49-25-37-31-15-5-7-17-33(31)38(34-18-8-6-16-32(34)37)26-50-46(56)42-22-10-20-40(52-42)44(54)48-24-36-28-12-2-1-11-27(28)35(23-47-43)29-13-3-4-14-30(29)36/h1-4,9-14,19-22,31-34,37-38H,5-8,15-18,23-26H2,(H,47,53)(H,48,54)(H,49,55)(H,50,56)/t31-,32?,33+,34?,37?,38?. The van der Waals surface area contributed by atoms with E-state index >= 15 is 0 Å². The van der Waals surface area contributed by atoms with Crippen LogP contribution in [0.2, 0.25) is 0 Å². The third-order valence-electron chi connectivity index (χ3n) is 13.4. The van der Waals surface area contributed by atoms with E-state index in [2.05, 4.69) is 31.2 Å². The van der Waals surface area contributed by atoms with Gasteiger partial charge >= 0.3 is 0 Å². The molecule has 0 radical (unpaired) electrons. The number of hydrogen-bond acceptors (Lipinski definition) is 6. The SMILES string of the molecule is O=C1NCc2c3ccccc3c(c3ccccc23)CNC(=O)c2cccc(n2)C(=O)NCC2C3CCCCC3C(CNC(=O)c3cccc1n3)[C@H]1CCCC[C@@H]21. The van der Waals surface area contributed by atoms with Crippen molar-refractivity contribution in [2.24, 2.45) is 35.5 Å². The van der Waals surface area contributed by atoms with Crippen LogP contribution in [0.15, 0.2) is 84.9 Å². The van der Waals surface area contributed by atoms with Crippen LogP contribution in [0, 0.1) is 35.5 Å². The van der Waals surface area contributed by atoms with Gasteiger partial charge in [0.1, 0.15) is 22.8 Å². The molecule has 5 aromatic rings. The Labute approximate surface area is 326 Å². The van der Waals surface area contributed by atoms with E-state index in [4.69, 9.17) is 0 Å². The Kier molecular flexibility index (Phi) is 9.96. The first kappa shape index (κ1) is 36.0. The zero-order valence-corrected chi connectivity index (χ0v) is 31.6. The van der Waals surface area contributed by atoms with Gasteiger partial charge in [0, 0.05) is 26.2 Å². The number of rotatable bonds is 0. The van der Waals surface area contributed by atoms with Crippen molar-refractivity contribution in [2.75, 3.05) is 13.1 Å². The van der Waals surface area contributed by atoms with Crippen LogP contribution in [-0.2, 0) is 13.1 Å². The molecule has 3 fully saturated rings. The zero-order valence-electron chi connectivity index (χ0n) is 31.6. The number of benzene rings is 3. The molecule has 4 aliphatic rings. The Morgan fingerprint density at radius 3 is 1.00 bits per heavy atom. The fourth-order valence-corrected chi connectivity index (χ4v) is 10.9. The van der Waals surface area contributed by atoms with E-state index in [9.17, 15) is 19.2 Å². The van der Waals surface area contributed by atoms with Crippen LogP contribution < -0.4 is 21.3 Å². The minimum absolute atomic E-state index is 0.187. The summed E-state index contributed by atoms with van der Waals surface area (Å²) < 4.78 is 0. The molecule has 0 spiro atoms. The molecule has 9 rings (SSSR count). The maximum atomic E-state index is 13.8. The summed E-state index contributed by atoms with van der Waals surface area (Å²) in [5.41, 5.74) is 2.71. The molecule has 3 heterocycles. The molecule has 286 valence electrons. The maximum Gasteiger partial charge on any atom is 0.270 e. The minimum atomic E-state index is -0.360. The second kappa shape index (κ2) is 15.5. The van der Waals surface area contributed by atoms with Crippen molar-refractivity contribution in [3.63, 3.8) is 0 Å². The average molecular weight is 749 g/mol. The van der Waals surface area contributed by atoms with Gasteiger partial charge in [0.15, 0.2) is 0 Å². The summed E-state index contributed by atoms with van der Waals surface area (Å²) >= 11 is 0. The van der Waals surface area contributed by atoms with Crippen LogP contribution in [0.3, 0.4) is 0 Å². The summed E-state index contributed by atoms with van der Waals surface area (Å²) in [6.07, 6.45) is 9.20. The number of pyridine rings is 2. The molecule has 8 bridgehead atoms. The third-order valence-corrected chi connectivity index (χ3v) is 13.4. The van der Waals surface area contributed by atoms with Crippen molar-refractivity contribution in [1.29, 1.82) is 0 Å². The van der Waals surface area contributed by atoms with Gasteiger partial charge in [0.25, 0.3) is 23.6 Å². The van der Waals surface area contributed by atoms with Gasteiger partial charge in [-0.15, -0.1) is 0 Å². The quantitative estimate of drug-likeness (QED) is 0.126. The summed E-state index contributed by atoms with van der Waals surface area (Å²) in [5.74, 6) is 1.29. The highest BCUT2D eigenvalue weighted by molar-refractivity contribution is 6.07. The van der Waals surface area contributed by atoms with Gasteiger partial charge in [0.2, 0.25) is 0 Å². The maximum absolute atomic E-state index is 13.8. The zero-order chi connectivity index (χ0) is 38.2. The lowest BCUT2D eigenvalue weighted by molar-refractivity contribution is -0.0585. The van der Waals surface area contributed by atoms with E-state index in [1.807, 2.05) is 48.5 Å². The highest BCUT2D eigenvalue weighted by atomic mass is 16.2. The molecule has 56 heavy (non-hydrogen) atoms. The van der Waals surface area contributed by atoms with Crippen molar-refractivity contribution in [3.8, 4) is 0 Å². The van der Waals surface area contributed by atoms with Gasteiger partial charge in [-0.05, 0) is 118 Å². The third kappa shape index (κ3) is 6.79. The van der Waals surface area contributed by atoms with Gasteiger partial charge in [-0.2, -0.15) is 0 Å². The Morgan fingerprint density at radius 2 is 0.679 bits per heavy atom. The van der Waals surface area contributed by atoms with Gasteiger partial charge in [-0.1, -0.05) is 86.3 Å². The van der Waals surface area contributed by atoms with E-state index in [0.29, 0.717) is 48.6 Å². The van der Waals surface area contributed by atoms with Crippen LogP contribution in [-0.4, -0.2) is 46.7 Å². The number of aromatic nitrogens is 2. The Hall–Kier alpha value is -5.64. The molecule has 4 unspecified atom stereocenters. The molecule has 6 atom stereocenters. The molecule has 10 heteroatoms. The van der Waals surface area contributed by atoms with E-state index in [-0.39, 0.29) is 59.5 Å². The highest BCUT2D eigenvalue weighted by Crippen LogP contribution is 2.55. The first-order valence-corrected chi connectivity index (χ1v) is 20.4. The van der Waals surface area contributed by atoms with Crippen LogP contribution in [0.4, 0.5) is 0 Å². The van der Waals surface area contributed by atoms with Crippen LogP contribution in [0.5, 0.6) is 0 Å². The lowest BCUT2D eigenvalue weighted by Crippen LogP contribution is -2.54. The Bertz CT molecular complexity index is 2100. The largest absolute Gasteiger partial charge is 0.350 e. The molecular formula is C46H48N6O4. The molecule has 0 saturated heterocycles. The second-order valence-electron chi connectivity index (χ2n) is 16.2. The fourth-order valence-electron chi connectivity index (χ4n) is 10.9. The van der Waals surface area contributed by atoms with Crippen molar-refractivity contribution in [1.82, 2.24) is 31.2 Å². The number of carbonyl (C=O) groups excluding carboxylic acids is 4. The number of hydrogen-bond donors (Lipinski definition) is 4. The fraction of sp³-hybridized carbons (Fsp3) is 0.391. The van der Waals surface area contributed by atoms with E-state index < -0.39 is 0 Å². The number of fused-ring (bicyclic) bond motifs is 10. The molecule has 3 saturated carbocycles. The van der Waals surface area contributed by atoms with Crippen molar-refractivity contribution in [3.05, 3.63) is 119 Å². The average Bonchev–Trinajstić information content (AvgIpc) is 3.25. The number of carbonyl (C=O) groups is 4. The van der Waals surface area contributed by atoms with Crippen molar-refractivity contribution >= 4 is 45.2 Å². The second-order valence-corrected chi connectivity index (χ2v) is 16.2. The molecular weight excluding hydrogens is 701 g/mol. The van der Waals surface area contributed by atoms with E-state index in [1.165, 1.54) is 25.7 Å². The molecule has 4 N–H and O–H groups in total. The van der Waals surface area contributed by atoms with Crippen LogP contribution in [0.25, 0.3) is 21.5 Å². The summed E-state index contributed by atoms with van der Waals surface area (Å²) in [7, 11) is 0. The number of nitrogens with zero attached hydrogens (tertiary/aromatic N) is 2. The first-order chi connectivity index (χ1) is 27.4. The minimum Gasteiger partial charge on any atom is -0.350 e. The summed E-state index contributed by atoms with van der Waals surface area (Å²) in [6.45, 7) is 1.62. The summed E-state index contributed by atoms with van der Waals surface area (Å²) in [5, 5.41) is 16.5. The molecule has 1 aliphatic heterocycles. The molecule has 3 aromatic carbocycles. The molecule has 10 nitrogen and oxygen atoms in total. The molecule has 3 aliphatic carbocycles. The van der Waals surface area contributed by atoms with Gasteiger partial charge in [-0.3, -0.25) is 19.2 Å². The molecule has 4 amide bonds. The lowest BCUT2D eigenvalue weighted by Gasteiger charge is -2.56. The predicted octanol–water partition coefficient (Wildman–Crippen LogP) is 6.98. The predicted molar refractivity (Wildman–Crippen MR) is 215 cm³/mol. The highest BCUT2D eigenvalue weighted by Gasteiger charge is 2.51. The number of nitrogens with one attached hydrogen (secondary N) is 4. The summed E-state index contributed by atoms with van der Waals surface area (Å²) in [4.78, 5) is 64.0. The summed E-state index contributed by atoms with van der Waals surface area (Å²) in [6, 6.07) is 26.0. The van der Waals surface area contributed by atoms with Crippen molar-refractivity contribution < 1.29 is 19.2 Å². The van der Waals surface area contributed by atoms with Crippen LogP contribution >= 0.6 is 0 Å². The van der Waals surface area contributed by atoms with Gasteiger partial charge < -0.3 is 21.3 Å². The van der Waals surface area contributed by atoms with Gasteiger partial charge in [-0.25, -0.2) is 9.97 Å². The Balaban J connectivity index is 1.08. The van der Waals surface area contributed by atoms with E-state index in [0.717, 1.165) is 58.4 Å². The normalized spacial score (nSPS) is 26.1. The first-order valence-electron chi connectivity index (χ1n) is 20.4. The van der Waals surface area contributed by atoms with Gasteiger partial charge in [0.05, 0.1) is 0 Å². The smallest absolute Gasteiger partial charge is 0.270 e. The van der Waals surface area contributed by atoms with Crippen molar-refractivity contribution in [2.45, 2.75) is 64.5 Å².